The van der Waals surface area contributed by atoms with Gasteiger partial charge in [0.1, 0.15) is 5.75 Å². The highest BCUT2D eigenvalue weighted by Gasteiger charge is 2.20. The Balaban J connectivity index is 2.03. The fraction of sp³-hybridized carbons (Fsp3) is 0.100. The number of para-hydroxylation sites is 2. The lowest BCUT2D eigenvalue weighted by atomic mass is 10.2. The van der Waals surface area contributed by atoms with Gasteiger partial charge in [0.15, 0.2) is 17.4 Å². The molecule has 1 N–H and O–H groups in total. The highest BCUT2D eigenvalue weighted by molar-refractivity contribution is 7.81. The van der Waals surface area contributed by atoms with Gasteiger partial charge in [0.05, 0.1) is 16.6 Å². The van der Waals surface area contributed by atoms with Gasteiger partial charge in [-0.3, -0.25) is 0 Å². The molecule has 138 valence electrons. The van der Waals surface area contributed by atoms with E-state index in [0.29, 0.717) is 37.9 Å². The molecule has 7 heteroatoms. The number of anilines is 1. The van der Waals surface area contributed by atoms with Gasteiger partial charge in [-0.25, -0.2) is 0 Å². The van der Waals surface area contributed by atoms with Crippen LogP contribution in [0.25, 0.3) is 11.5 Å². The van der Waals surface area contributed by atoms with E-state index in [9.17, 15) is 5.11 Å². The molecule has 0 radical (unpaired) electrons. The highest BCUT2D eigenvalue weighted by Crippen LogP contribution is 2.29. The number of benzene rings is 1. The molecule has 0 unspecified atom stereocenters. The molecule has 27 heavy (non-hydrogen) atoms. The molecule has 3 aromatic rings. The summed E-state index contributed by atoms with van der Waals surface area (Å²) in [5.74, 6) is 0.473. The van der Waals surface area contributed by atoms with Crippen molar-refractivity contribution in [2.24, 2.45) is 0 Å². The zero-order valence-corrected chi connectivity index (χ0v) is 16.9. The van der Waals surface area contributed by atoms with Crippen molar-refractivity contribution in [3.63, 3.8) is 0 Å². The average molecular weight is 417 g/mol. The summed E-state index contributed by atoms with van der Waals surface area (Å²) >= 11 is 12.8. The molecule has 1 aromatic carbocycles. The Morgan fingerprint density at radius 3 is 2.56 bits per heavy atom. The normalized spacial score (nSPS) is 11.6. The minimum absolute atomic E-state index is 0.200. The third-order valence-electron chi connectivity index (χ3n) is 3.64. The number of hydrogen-bond donors (Lipinski definition) is 1. The first kappa shape index (κ1) is 19.4. The first-order valence-electron chi connectivity index (χ1n) is 8.27. The molecule has 2 aromatic heterocycles. The lowest BCUT2D eigenvalue weighted by Crippen LogP contribution is -2.39. The van der Waals surface area contributed by atoms with Crippen LogP contribution >= 0.6 is 35.2 Å². The Labute approximate surface area is 172 Å². The van der Waals surface area contributed by atoms with E-state index in [0.717, 1.165) is 0 Å². The molecular formula is C20H17ClN2O2S2. The van der Waals surface area contributed by atoms with E-state index in [1.807, 2.05) is 49.4 Å². The zero-order chi connectivity index (χ0) is 19.2. The summed E-state index contributed by atoms with van der Waals surface area (Å²) in [6.45, 7) is 2.44. The summed E-state index contributed by atoms with van der Waals surface area (Å²) in [6, 6.07) is 16.4. The van der Waals surface area contributed by atoms with E-state index in [-0.39, 0.29) is 5.76 Å². The fourth-order valence-corrected chi connectivity index (χ4v) is 3.76. The van der Waals surface area contributed by atoms with Gasteiger partial charge in [-0.05, 0) is 36.9 Å². The number of aromatic nitrogens is 1. The average Bonchev–Trinajstić information content (AvgIpc) is 3.11. The van der Waals surface area contributed by atoms with Gasteiger partial charge in [-0.1, -0.05) is 42.0 Å². The van der Waals surface area contributed by atoms with Crippen molar-refractivity contribution in [1.29, 1.82) is 0 Å². The second-order valence-electron chi connectivity index (χ2n) is 5.45. The summed E-state index contributed by atoms with van der Waals surface area (Å²) in [7, 11) is 0. The van der Waals surface area contributed by atoms with Crippen LogP contribution in [0, 0.1) is 0 Å². The molecule has 0 saturated carbocycles. The van der Waals surface area contributed by atoms with Crippen LogP contribution in [0.3, 0.4) is 0 Å². The van der Waals surface area contributed by atoms with E-state index in [4.69, 9.17) is 28.6 Å². The second-order valence-corrected chi connectivity index (χ2v) is 7.57. The number of halogens is 1. The van der Waals surface area contributed by atoms with Crippen LogP contribution < -0.4 is 19.7 Å². The third kappa shape index (κ3) is 4.66. The first-order valence-corrected chi connectivity index (χ1v) is 9.87. The maximum absolute atomic E-state index is 13.1. The predicted molar refractivity (Wildman–Crippen MR) is 113 cm³/mol. The van der Waals surface area contributed by atoms with Crippen molar-refractivity contribution < 1.29 is 14.4 Å². The van der Waals surface area contributed by atoms with Gasteiger partial charge in [0.25, 0.3) is 0 Å². The van der Waals surface area contributed by atoms with Crippen LogP contribution in [0.1, 0.15) is 11.8 Å². The van der Waals surface area contributed by atoms with Crippen LogP contribution in [0.15, 0.2) is 67.0 Å². The van der Waals surface area contributed by atoms with Crippen LogP contribution in [0.4, 0.5) is 5.69 Å². The Kier molecular flexibility index (Phi) is 6.45. The topological polar surface area (TPSA) is 48.2 Å². The number of ether oxygens (including phenoxy) is 1. The molecule has 2 heterocycles. The Morgan fingerprint density at radius 2 is 1.89 bits per heavy atom. The molecule has 4 nitrogen and oxygen atoms in total. The number of rotatable bonds is 6. The molecule has 0 aliphatic rings. The van der Waals surface area contributed by atoms with Gasteiger partial charge in [0, 0.05) is 17.0 Å². The van der Waals surface area contributed by atoms with E-state index in [1.165, 1.54) is 11.3 Å². The van der Waals surface area contributed by atoms with Gasteiger partial charge in [0.2, 0.25) is 5.70 Å². The summed E-state index contributed by atoms with van der Waals surface area (Å²) in [5.41, 5.74) is 1.05. The molecule has 0 aliphatic heterocycles. The number of hydrogen-bond acceptors (Lipinski definition) is 4. The Morgan fingerprint density at radius 1 is 1.15 bits per heavy atom. The van der Waals surface area contributed by atoms with Crippen molar-refractivity contribution in [2.45, 2.75) is 6.92 Å². The molecule has 0 bridgehead atoms. The van der Waals surface area contributed by atoms with Crippen molar-refractivity contribution in [1.82, 2.24) is 0 Å². The van der Waals surface area contributed by atoms with Gasteiger partial charge < -0.3 is 15.2 Å². The van der Waals surface area contributed by atoms with Crippen molar-refractivity contribution >= 4 is 57.3 Å². The summed E-state index contributed by atoms with van der Waals surface area (Å²) in [4.78, 5) is 0.821. The van der Waals surface area contributed by atoms with Gasteiger partial charge in [-0.2, -0.15) is 4.57 Å². The van der Waals surface area contributed by atoms with E-state index in [2.05, 4.69) is 5.32 Å². The molecule has 3 rings (SSSR count). The molecule has 0 fully saturated rings. The lowest BCUT2D eigenvalue weighted by molar-refractivity contribution is -0.577. The second kappa shape index (κ2) is 8.99. The highest BCUT2D eigenvalue weighted by atomic mass is 35.5. The number of nitrogens with zero attached hydrogens (tertiary/aromatic N) is 1. The van der Waals surface area contributed by atoms with Crippen LogP contribution in [0.5, 0.6) is 5.75 Å². The van der Waals surface area contributed by atoms with E-state index >= 15 is 0 Å². The monoisotopic (exact) mass is 416 g/mol. The number of nitrogens with one attached hydrogen (secondary N) is 1. The van der Waals surface area contributed by atoms with E-state index < -0.39 is 0 Å². The van der Waals surface area contributed by atoms with Crippen molar-refractivity contribution in [3.05, 3.63) is 76.2 Å². The van der Waals surface area contributed by atoms with Gasteiger partial charge >= 0.3 is 0 Å². The maximum atomic E-state index is 13.1. The summed E-state index contributed by atoms with van der Waals surface area (Å²) in [5, 5.41) is 16.3. The lowest BCUT2D eigenvalue weighted by Gasteiger charge is -2.17. The molecule has 0 atom stereocenters. The Hall–Kier alpha value is -2.41. The first-order chi connectivity index (χ1) is 13.1. The summed E-state index contributed by atoms with van der Waals surface area (Å²) in [6.07, 6.45) is 3.57. The quantitative estimate of drug-likeness (QED) is 0.283. The SMILES string of the molecule is CCOc1ccccc1NC(=S)C(=C([O-])c1ccc(Cl)s1)[n+]1ccccc1. The fourth-order valence-electron chi connectivity index (χ4n) is 2.47. The number of thiocarbonyl (C=S) groups is 1. The van der Waals surface area contributed by atoms with Crippen LogP contribution in [-0.4, -0.2) is 11.6 Å². The van der Waals surface area contributed by atoms with Gasteiger partial charge in [-0.15, -0.1) is 11.3 Å². The van der Waals surface area contributed by atoms with Crippen molar-refractivity contribution in [3.8, 4) is 5.75 Å². The summed E-state index contributed by atoms with van der Waals surface area (Å²) < 4.78 is 7.89. The van der Waals surface area contributed by atoms with Crippen LogP contribution in [-0.2, 0) is 0 Å². The van der Waals surface area contributed by atoms with Crippen molar-refractivity contribution in [2.75, 3.05) is 11.9 Å². The largest absolute Gasteiger partial charge is 0.867 e. The minimum Gasteiger partial charge on any atom is -0.867 e. The molecular weight excluding hydrogens is 400 g/mol. The standard InChI is InChI=1S/C20H17ClN2O2S2/c1-2-25-15-9-5-4-8-14(15)22-20(26)18(23-12-6-3-7-13-23)19(24)16-10-11-17(21)27-16/h3-13H,2H2,1H3,(H-,22,24,26). The Bertz CT molecular complexity index is 971. The molecule has 0 spiro atoms. The van der Waals surface area contributed by atoms with Crippen LogP contribution in [0.2, 0.25) is 4.34 Å². The smallest absolute Gasteiger partial charge is 0.239 e. The number of pyridine rings is 1. The molecule has 0 amide bonds. The third-order valence-corrected chi connectivity index (χ3v) is 5.16. The minimum atomic E-state index is -0.200. The zero-order valence-electron chi connectivity index (χ0n) is 14.5. The number of thiophene rings is 1. The maximum Gasteiger partial charge on any atom is 0.239 e. The molecule has 0 aliphatic carbocycles. The predicted octanol–water partition coefficient (Wildman–Crippen LogP) is 4.21. The molecule has 0 saturated heterocycles. The van der Waals surface area contributed by atoms with E-state index in [1.54, 1.807) is 29.1 Å².